The second-order valence-corrected chi connectivity index (χ2v) is 3.85. The van der Waals surface area contributed by atoms with Crippen LogP contribution in [0.3, 0.4) is 0 Å². The second-order valence-electron chi connectivity index (χ2n) is 3.85. The highest BCUT2D eigenvalue weighted by molar-refractivity contribution is 4.81. The highest BCUT2D eigenvalue weighted by atomic mass is 16.5. The van der Waals surface area contributed by atoms with E-state index in [1.807, 2.05) is 0 Å². The largest absolute Gasteiger partial charge is 0.377 e. The zero-order chi connectivity index (χ0) is 10.6. The fourth-order valence-electron chi connectivity index (χ4n) is 1.12. The standard InChI is InChI=1S/C12H25NO/c1-4-5-8-11-14-12-9-6-7-10-13(2)3/h6,9H,4-5,7-8,10-12H2,1-3H3/b9-6+. The first-order valence-electron chi connectivity index (χ1n) is 5.64. The van der Waals surface area contributed by atoms with Crippen LogP contribution in [0.25, 0.3) is 0 Å². The number of ether oxygens (including phenoxy) is 1. The monoisotopic (exact) mass is 199 g/mol. The Morgan fingerprint density at radius 1 is 1.14 bits per heavy atom. The smallest absolute Gasteiger partial charge is 0.0647 e. The third-order valence-corrected chi connectivity index (χ3v) is 2.02. The molecule has 0 radical (unpaired) electrons. The minimum Gasteiger partial charge on any atom is -0.377 e. The minimum atomic E-state index is 0.775. The summed E-state index contributed by atoms with van der Waals surface area (Å²) in [5, 5.41) is 0. The van der Waals surface area contributed by atoms with E-state index in [1.54, 1.807) is 0 Å². The topological polar surface area (TPSA) is 12.5 Å². The Morgan fingerprint density at radius 2 is 1.93 bits per heavy atom. The molecule has 0 aliphatic carbocycles. The molecule has 0 aromatic rings. The van der Waals surface area contributed by atoms with Gasteiger partial charge in [0.2, 0.25) is 0 Å². The van der Waals surface area contributed by atoms with Crippen molar-refractivity contribution in [2.45, 2.75) is 32.6 Å². The van der Waals surface area contributed by atoms with Gasteiger partial charge in [-0.3, -0.25) is 0 Å². The van der Waals surface area contributed by atoms with Gasteiger partial charge in [0.25, 0.3) is 0 Å². The first-order chi connectivity index (χ1) is 6.77. The molecule has 2 nitrogen and oxygen atoms in total. The van der Waals surface area contributed by atoms with Crippen molar-refractivity contribution >= 4 is 0 Å². The molecule has 0 saturated carbocycles. The van der Waals surface area contributed by atoms with Crippen LogP contribution in [0, 0.1) is 0 Å². The minimum absolute atomic E-state index is 0.775. The van der Waals surface area contributed by atoms with Crippen LogP contribution in [-0.2, 0) is 4.74 Å². The maximum Gasteiger partial charge on any atom is 0.0647 e. The highest BCUT2D eigenvalue weighted by Gasteiger charge is 1.86. The normalized spacial score (nSPS) is 11.7. The van der Waals surface area contributed by atoms with Gasteiger partial charge in [0, 0.05) is 13.2 Å². The molecule has 0 aliphatic heterocycles. The molecule has 0 saturated heterocycles. The number of hydrogen-bond acceptors (Lipinski definition) is 2. The molecular weight excluding hydrogens is 174 g/mol. The van der Waals surface area contributed by atoms with Gasteiger partial charge in [0.05, 0.1) is 6.61 Å². The Labute approximate surface area is 88.9 Å². The van der Waals surface area contributed by atoms with Gasteiger partial charge in [-0.25, -0.2) is 0 Å². The van der Waals surface area contributed by atoms with Crippen molar-refractivity contribution in [2.75, 3.05) is 33.9 Å². The van der Waals surface area contributed by atoms with Crippen molar-refractivity contribution in [3.8, 4) is 0 Å². The number of nitrogens with zero attached hydrogens (tertiary/aromatic N) is 1. The zero-order valence-electron chi connectivity index (χ0n) is 9.96. The van der Waals surface area contributed by atoms with Crippen LogP contribution in [0.5, 0.6) is 0 Å². The van der Waals surface area contributed by atoms with Crippen molar-refractivity contribution < 1.29 is 4.74 Å². The summed E-state index contributed by atoms with van der Waals surface area (Å²) in [4.78, 5) is 2.19. The Balaban J connectivity index is 3.03. The van der Waals surface area contributed by atoms with Crippen molar-refractivity contribution in [2.24, 2.45) is 0 Å². The molecule has 0 heterocycles. The predicted molar refractivity (Wildman–Crippen MR) is 62.7 cm³/mol. The first kappa shape index (κ1) is 13.7. The van der Waals surface area contributed by atoms with Crippen LogP contribution in [0.4, 0.5) is 0 Å². The van der Waals surface area contributed by atoms with E-state index in [0.717, 1.165) is 26.2 Å². The van der Waals surface area contributed by atoms with E-state index < -0.39 is 0 Å². The fraction of sp³-hybridized carbons (Fsp3) is 0.833. The Hall–Kier alpha value is -0.340. The Morgan fingerprint density at radius 3 is 2.57 bits per heavy atom. The maximum atomic E-state index is 5.44. The number of rotatable bonds is 9. The summed E-state index contributed by atoms with van der Waals surface area (Å²) in [6.45, 7) is 5.01. The Kier molecular flexibility index (Phi) is 10.5. The van der Waals surface area contributed by atoms with Gasteiger partial charge in [-0.2, -0.15) is 0 Å². The summed E-state index contributed by atoms with van der Waals surface area (Å²) in [6, 6.07) is 0. The van der Waals surface area contributed by atoms with Crippen LogP contribution < -0.4 is 0 Å². The van der Waals surface area contributed by atoms with Gasteiger partial charge < -0.3 is 9.64 Å². The molecule has 14 heavy (non-hydrogen) atoms. The van der Waals surface area contributed by atoms with Crippen LogP contribution in [0.1, 0.15) is 32.6 Å². The molecule has 0 rings (SSSR count). The van der Waals surface area contributed by atoms with E-state index in [9.17, 15) is 0 Å². The van der Waals surface area contributed by atoms with Gasteiger partial charge in [0.1, 0.15) is 0 Å². The molecule has 0 fully saturated rings. The molecule has 0 bridgehead atoms. The van der Waals surface area contributed by atoms with Gasteiger partial charge in [-0.15, -0.1) is 0 Å². The first-order valence-corrected chi connectivity index (χ1v) is 5.64. The summed E-state index contributed by atoms with van der Waals surface area (Å²) in [6.07, 6.45) is 9.18. The van der Waals surface area contributed by atoms with Crippen LogP contribution in [-0.4, -0.2) is 38.8 Å². The van der Waals surface area contributed by atoms with Gasteiger partial charge in [0.15, 0.2) is 0 Å². The highest BCUT2D eigenvalue weighted by Crippen LogP contribution is 1.94. The van der Waals surface area contributed by atoms with Crippen molar-refractivity contribution in [3.05, 3.63) is 12.2 Å². The van der Waals surface area contributed by atoms with Gasteiger partial charge in [-0.05, 0) is 26.9 Å². The molecule has 2 heteroatoms. The lowest BCUT2D eigenvalue weighted by Gasteiger charge is -2.05. The molecule has 84 valence electrons. The fourth-order valence-corrected chi connectivity index (χ4v) is 1.12. The molecule has 0 amide bonds. The van der Waals surface area contributed by atoms with E-state index >= 15 is 0 Å². The third-order valence-electron chi connectivity index (χ3n) is 2.02. The van der Waals surface area contributed by atoms with Gasteiger partial charge >= 0.3 is 0 Å². The average molecular weight is 199 g/mol. The van der Waals surface area contributed by atoms with Crippen molar-refractivity contribution in [1.82, 2.24) is 4.90 Å². The lowest BCUT2D eigenvalue weighted by atomic mass is 10.3. The van der Waals surface area contributed by atoms with E-state index in [1.165, 1.54) is 19.3 Å². The number of unbranched alkanes of at least 4 members (excludes halogenated alkanes) is 2. The summed E-state index contributed by atoms with van der Waals surface area (Å²) in [5.74, 6) is 0. The van der Waals surface area contributed by atoms with Crippen molar-refractivity contribution in [1.29, 1.82) is 0 Å². The van der Waals surface area contributed by atoms with Crippen LogP contribution in [0.2, 0.25) is 0 Å². The SMILES string of the molecule is CCCCCOC/C=C/CCN(C)C. The maximum absolute atomic E-state index is 5.44. The third kappa shape index (κ3) is 11.7. The van der Waals surface area contributed by atoms with Crippen molar-refractivity contribution in [3.63, 3.8) is 0 Å². The lowest BCUT2D eigenvalue weighted by molar-refractivity contribution is 0.157. The summed E-state index contributed by atoms with van der Waals surface area (Å²) in [5.41, 5.74) is 0. The zero-order valence-corrected chi connectivity index (χ0v) is 9.96. The summed E-state index contributed by atoms with van der Waals surface area (Å²) in [7, 11) is 4.18. The molecular formula is C12H25NO. The Bertz CT molecular complexity index is 132. The van der Waals surface area contributed by atoms with Crippen LogP contribution in [0.15, 0.2) is 12.2 Å². The summed E-state index contributed by atoms with van der Waals surface area (Å²) < 4.78 is 5.44. The van der Waals surface area contributed by atoms with E-state index in [4.69, 9.17) is 4.74 Å². The molecule has 0 aromatic heterocycles. The van der Waals surface area contributed by atoms with E-state index in [0.29, 0.717) is 0 Å². The molecule has 0 N–H and O–H groups in total. The van der Waals surface area contributed by atoms with E-state index in [2.05, 4.69) is 38.1 Å². The second kappa shape index (κ2) is 10.7. The van der Waals surface area contributed by atoms with E-state index in [-0.39, 0.29) is 0 Å². The molecule has 0 aliphatic rings. The molecule has 0 atom stereocenters. The molecule has 0 unspecified atom stereocenters. The van der Waals surface area contributed by atoms with Crippen LogP contribution >= 0.6 is 0 Å². The lowest BCUT2D eigenvalue weighted by Crippen LogP contribution is -2.11. The summed E-state index contributed by atoms with van der Waals surface area (Å²) >= 11 is 0. The molecule has 0 spiro atoms. The predicted octanol–water partition coefficient (Wildman–Crippen LogP) is 2.70. The average Bonchev–Trinajstić information content (AvgIpc) is 2.15. The number of hydrogen-bond donors (Lipinski definition) is 0. The molecule has 0 aromatic carbocycles. The quantitative estimate of drug-likeness (QED) is 0.418. The van der Waals surface area contributed by atoms with Gasteiger partial charge in [-0.1, -0.05) is 31.9 Å².